The van der Waals surface area contributed by atoms with Gasteiger partial charge in [-0.15, -0.1) is 0 Å². The van der Waals surface area contributed by atoms with E-state index in [1.165, 1.54) is 34.1 Å². The molecule has 258 valence electrons. The highest BCUT2D eigenvalue weighted by molar-refractivity contribution is 6.44. The lowest BCUT2D eigenvalue weighted by atomic mass is 10.2. The van der Waals surface area contributed by atoms with E-state index in [2.05, 4.69) is 0 Å². The van der Waals surface area contributed by atoms with Gasteiger partial charge in [-0.2, -0.15) is 0 Å². The van der Waals surface area contributed by atoms with Crippen LogP contribution in [0.1, 0.15) is 0 Å². The molecule has 4 rings (SSSR count). The van der Waals surface area contributed by atoms with Crippen molar-refractivity contribution in [3.05, 3.63) is 54.4 Å². The van der Waals surface area contributed by atoms with Crippen LogP contribution in [0.25, 0.3) is 0 Å². The zero-order chi connectivity index (χ0) is 35.1. The first-order valence-corrected chi connectivity index (χ1v) is 16.0. The topological polar surface area (TPSA) is 152 Å². The summed E-state index contributed by atoms with van der Waals surface area (Å²) in [4.78, 5) is 79.4. The van der Waals surface area contributed by atoms with Crippen LogP contribution >= 0.6 is 69.6 Å². The average molecular weight is 789 g/mol. The Bertz CT molecular complexity index is 1480. The molecule has 2 aromatic rings. The van der Waals surface area contributed by atoms with Crippen LogP contribution in [0, 0.1) is 0 Å². The number of carbonyl (C=O) groups excluding carboxylic acids is 6. The summed E-state index contributed by atoms with van der Waals surface area (Å²) in [5.74, 6) is -4.02. The predicted molar refractivity (Wildman–Crippen MR) is 172 cm³/mol. The summed E-state index contributed by atoms with van der Waals surface area (Å²) in [5.41, 5.74) is 0. The van der Waals surface area contributed by atoms with Crippen LogP contribution < -0.4 is 9.47 Å². The molecule has 0 aliphatic carbocycles. The average Bonchev–Trinajstić information content (AvgIpc) is 3.01. The summed E-state index contributed by atoms with van der Waals surface area (Å²) in [7, 11) is 0. The van der Waals surface area contributed by atoms with Gasteiger partial charge in [-0.3, -0.25) is 29.0 Å². The lowest BCUT2D eigenvalue weighted by molar-refractivity contribution is -0.167. The number of ether oxygens (including phenoxy) is 4. The van der Waals surface area contributed by atoms with Crippen LogP contribution in [0.2, 0.25) is 30.1 Å². The first-order valence-electron chi connectivity index (χ1n) is 13.7. The lowest BCUT2D eigenvalue weighted by Gasteiger charge is -2.35. The number of benzene rings is 2. The fourth-order valence-corrected chi connectivity index (χ4v) is 5.43. The van der Waals surface area contributed by atoms with E-state index in [0.717, 1.165) is 9.80 Å². The van der Waals surface area contributed by atoms with Gasteiger partial charge in [-0.25, -0.2) is 19.4 Å². The first kappa shape index (κ1) is 37.7. The van der Waals surface area contributed by atoms with Gasteiger partial charge in [0.15, 0.2) is 26.7 Å². The molecule has 2 aromatic carbocycles. The standard InChI is InChI=1S/C28H24Cl6N4O10/c29-15-3-19(33)21(5-17(15)31)45-11-27(43)47-13-37-23(39)7-35(8-24(37)40)1-2-36-9-25(41)38(26(42)10-36)14-48-28(44)12-46-22-6-18(32)16(30)4-20(22)34/h3-6H,1-2,7-14H2. The van der Waals surface area contributed by atoms with E-state index in [4.69, 9.17) is 88.6 Å². The minimum absolute atomic E-state index is 0.0887. The minimum atomic E-state index is -0.870. The van der Waals surface area contributed by atoms with Crippen molar-refractivity contribution in [2.75, 3.05) is 65.9 Å². The van der Waals surface area contributed by atoms with Crippen molar-refractivity contribution in [3.63, 3.8) is 0 Å². The van der Waals surface area contributed by atoms with Gasteiger partial charge < -0.3 is 18.9 Å². The molecule has 4 amide bonds. The Morgan fingerprint density at radius 2 is 0.833 bits per heavy atom. The summed E-state index contributed by atoms with van der Waals surface area (Å²) in [6.45, 7) is -2.73. The number of amides is 4. The van der Waals surface area contributed by atoms with Gasteiger partial charge in [-0.1, -0.05) is 69.6 Å². The number of halogens is 6. The normalized spacial score (nSPS) is 16.0. The van der Waals surface area contributed by atoms with Gasteiger partial charge >= 0.3 is 11.9 Å². The van der Waals surface area contributed by atoms with E-state index in [1.54, 1.807) is 0 Å². The Morgan fingerprint density at radius 1 is 0.521 bits per heavy atom. The van der Waals surface area contributed by atoms with Crippen LogP contribution in [-0.2, 0) is 38.2 Å². The third kappa shape index (κ3) is 10.2. The number of carbonyl (C=O) groups is 6. The monoisotopic (exact) mass is 786 g/mol. The second-order valence-electron chi connectivity index (χ2n) is 10.1. The van der Waals surface area contributed by atoms with Gasteiger partial charge in [0.05, 0.1) is 56.3 Å². The van der Waals surface area contributed by atoms with Crippen LogP contribution in [0.5, 0.6) is 11.5 Å². The lowest BCUT2D eigenvalue weighted by Crippen LogP contribution is -2.58. The molecule has 2 heterocycles. The largest absolute Gasteiger partial charge is 0.480 e. The maximum absolute atomic E-state index is 12.6. The minimum Gasteiger partial charge on any atom is -0.480 e. The van der Waals surface area contributed by atoms with E-state index in [1.807, 2.05) is 0 Å². The summed E-state index contributed by atoms with van der Waals surface area (Å²) in [6, 6.07) is 5.34. The van der Waals surface area contributed by atoms with Gasteiger partial charge in [0.1, 0.15) is 11.5 Å². The van der Waals surface area contributed by atoms with Crippen LogP contribution in [0.3, 0.4) is 0 Å². The fraction of sp³-hybridized carbons (Fsp3) is 0.357. The summed E-state index contributed by atoms with van der Waals surface area (Å²) in [6.07, 6.45) is 0. The highest BCUT2D eigenvalue weighted by Crippen LogP contribution is 2.34. The highest BCUT2D eigenvalue weighted by atomic mass is 35.5. The molecule has 48 heavy (non-hydrogen) atoms. The number of hydrogen-bond donors (Lipinski definition) is 0. The molecular weight excluding hydrogens is 765 g/mol. The van der Waals surface area contributed by atoms with E-state index in [-0.39, 0.29) is 80.9 Å². The SMILES string of the molecule is O=C(COc1cc(Cl)c(Cl)cc1Cl)OCN1C(=O)CN(CCN2CC(=O)N(COC(=O)COc3cc(Cl)c(Cl)cc3Cl)C(=O)C2)CC1=O. The smallest absolute Gasteiger partial charge is 0.345 e. The van der Waals surface area contributed by atoms with Gasteiger partial charge in [0.25, 0.3) is 0 Å². The predicted octanol–water partition coefficient (Wildman–Crippen LogP) is 3.41. The Kier molecular flexibility index (Phi) is 13.4. The number of nitrogens with zero attached hydrogens (tertiary/aromatic N) is 4. The Labute approximate surface area is 303 Å². The zero-order valence-corrected chi connectivity index (χ0v) is 29.1. The molecule has 0 spiro atoms. The Morgan fingerprint density at radius 3 is 1.17 bits per heavy atom. The van der Waals surface area contributed by atoms with E-state index in [0.29, 0.717) is 0 Å². The maximum atomic E-state index is 12.6. The molecule has 2 aliphatic rings. The van der Waals surface area contributed by atoms with E-state index < -0.39 is 62.2 Å². The van der Waals surface area contributed by atoms with Crippen molar-refractivity contribution < 1.29 is 47.7 Å². The number of imide groups is 2. The zero-order valence-electron chi connectivity index (χ0n) is 24.5. The number of piperazine rings is 2. The quantitative estimate of drug-likeness (QED) is 0.166. The van der Waals surface area contributed by atoms with Gasteiger partial charge in [0.2, 0.25) is 23.6 Å². The molecule has 0 unspecified atom stereocenters. The molecule has 20 heteroatoms. The van der Waals surface area contributed by atoms with Crippen molar-refractivity contribution in [2.24, 2.45) is 0 Å². The van der Waals surface area contributed by atoms with Crippen molar-refractivity contribution in [1.82, 2.24) is 19.6 Å². The molecular formula is C28H24Cl6N4O10. The fourth-order valence-electron chi connectivity index (χ4n) is 4.24. The molecule has 2 aliphatic heterocycles. The first-order chi connectivity index (χ1) is 22.7. The number of esters is 2. The molecule has 2 fully saturated rings. The second-order valence-corrected chi connectivity index (χ2v) is 12.6. The van der Waals surface area contributed by atoms with E-state index >= 15 is 0 Å². The van der Waals surface area contributed by atoms with Crippen molar-refractivity contribution >= 4 is 105 Å². The van der Waals surface area contributed by atoms with E-state index in [9.17, 15) is 28.8 Å². The third-order valence-corrected chi connectivity index (χ3v) is 8.76. The van der Waals surface area contributed by atoms with Crippen LogP contribution in [0.15, 0.2) is 24.3 Å². The second kappa shape index (κ2) is 17.0. The molecule has 0 N–H and O–H groups in total. The summed E-state index contributed by atoms with van der Waals surface area (Å²) < 4.78 is 20.6. The third-order valence-electron chi connectivity index (χ3n) is 6.72. The van der Waals surface area contributed by atoms with Crippen molar-refractivity contribution in [3.8, 4) is 11.5 Å². The number of rotatable bonds is 13. The highest BCUT2D eigenvalue weighted by Gasteiger charge is 2.34. The summed E-state index contributed by atoms with van der Waals surface area (Å²) >= 11 is 35.5. The van der Waals surface area contributed by atoms with Crippen LogP contribution in [-0.4, -0.2) is 121 Å². The van der Waals surface area contributed by atoms with Gasteiger partial charge in [0, 0.05) is 25.2 Å². The maximum Gasteiger partial charge on any atom is 0.345 e. The molecule has 0 saturated carbocycles. The van der Waals surface area contributed by atoms with Crippen molar-refractivity contribution in [1.29, 1.82) is 0 Å². The summed E-state index contributed by atoms with van der Waals surface area (Å²) in [5, 5.41) is 0.952. The molecule has 0 atom stereocenters. The molecule has 2 saturated heterocycles. The molecule has 0 radical (unpaired) electrons. The van der Waals surface area contributed by atoms with Gasteiger partial charge in [-0.05, 0) is 12.1 Å². The molecule has 14 nitrogen and oxygen atoms in total. The van der Waals surface area contributed by atoms with Crippen LogP contribution in [0.4, 0.5) is 0 Å². The Hall–Kier alpha value is -3.08. The van der Waals surface area contributed by atoms with Crippen molar-refractivity contribution in [2.45, 2.75) is 0 Å². The molecule has 0 aromatic heterocycles. The number of hydrogen-bond acceptors (Lipinski definition) is 12. The molecule has 0 bridgehead atoms. The Balaban J connectivity index is 1.15.